The molecule has 1 N–H and O–H groups in total. The Morgan fingerprint density at radius 2 is 1.91 bits per heavy atom. The highest BCUT2D eigenvalue weighted by Crippen LogP contribution is 2.25. The van der Waals surface area contributed by atoms with E-state index in [0.29, 0.717) is 24.4 Å². The number of thioether (sulfide) groups is 1. The van der Waals surface area contributed by atoms with Crippen LogP contribution < -0.4 is 10.2 Å². The summed E-state index contributed by atoms with van der Waals surface area (Å²) in [5.74, 6) is 1.99. The van der Waals surface area contributed by atoms with Gasteiger partial charge in [-0.05, 0) is 42.2 Å². The van der Waals surface area contributed by atoms with Gasteiger partial charge < -0.3 is 10.2 Å². The Hall–Kier alpha value is -2.93. The van der Waals surface area contributed by atoms with Crippen LogP contribution in [0.4, 0.5) is 5.82 Å². The van der Waals surface area contributed by atoms with Gasteiger partial charge >= 0.3 is 0 Å². The Morgan fingerprint density at radius 3 is 2.58 bits per heavy atom. The van der Waals surface area contributed by atoms with Gasteiger partial charge in [-0.15, -0.1) is 0 Å². The lowest BCUT2D eigenvalue weighted by Gasteiger charge is -2.19. The first kappa shape index (κ1) is 24.7. The third kappa shape index (κ3) is 7.56. The Labute approximate surface area is 201 Å². The van der Waals surface area contributed by atoms with Gasteiger partial charge in [0.1, 0.15) is 5.82 Å². The monoisotopic (exact) mass is 463 g/mol. The highest BCUT2D eigenvalue weighted by atomic mass is 32.2. The largest absolute Gasteiger partial charge is 0.360 e. The van der Waals surface area contributed by atoms with Gasteiger partial charge in [0.05, 0.1) is 0 Å². The Kier molecular flexibility index (Phi) is 9.24. The summed E-state index contributed by atoms with van der Waals surface area (Å²) in [4.78, 5) is 28.4. The van der Waals surface area contributed by atoms with Crippen molar-refractivity contribution in [3.8, 4) is 0 Å². The minimum Gasteiger partial charge on any atom is -0.360 e. The van der Waals surface area contributed by atoms with Crippen molar-refractivity contribution in [1.82, 2.24) is 20.3 Å². The number of pyridine rings is 1. The van der Waals surface area contributed by atoms with Crippen molar-refractivity contribution in [3.05, 3.63) is 77.2 Å². The number of benzene rings is 1. The molecule has 0 saturated heterocycles. The summed E-state index contributed by atoms with van der Waals surface area (Å²) in [6, 6.07) is 15.6. The minimum atomic E-state index is -0.0679. The first-order chi connectivity index (χ1) is 16.0. The summed E-state index contributed by atoms with van der Waals surface area (Å²) in [6.45, 7) is 8.00. The van der Waals surface area contributed by atoms with E-state index < -0.39 is 0 Å². The molecule has 0 aliphatic carbocycles. The number of carbonyl (C=O) groups excluding carboxylic acids is 1. The Bertz CT molecular complexity index is 1020. The first-order valence-corrected chi connectivity index (χ1v) is 12.4. The van der Waals surface area contributed by atoms with Crippen molar-refractivity contribution in [2.24, 2.45) is 0 Å². The van der Waals surface area contributed by atoms with E-state index in [1.165, 1.54) is 0 Å². The molecule has 1 amide bonds. The molecule has 0 spiro atoms. The summed E-state index contributed by atoms with van der Waals surface area (Å²) >= 11 is 1.62. The zero-order valence-corrected chi connectivity index (χ0v) is 20.7. The lowest BCUT2D eigenvalue weighted by molar-refractivity contribution is 0.0954. The molecular weight excluding hydrogens is 430 g/mol. The zero-order chi connectivity index (χ0) is 23.6. The van der Waals surface area contributed by atoms with Gasteiger partial charge in [-0.1, -0.05) is 50.7 Å². The van der Waals surface area contributed by atoms with Gasteiger partial charge in [0, 0.05) is 61.5 Å². The van der Waals surface area contributed by atoms with Gasteiger partial charge in [-0.25, -0.2) is 9.97 Å². The molecule has 33 heavy (non-hydrogen) atoms. The van der Waals surface area contributed by atoms with E-state index in [2.05, 4.69) is 49.1 Å². The van der Waals surface area contributed by atoms with Crippen LogP contribution in [-0.4, -0.2) is 41.0 Å². The molecule has 0 unspecified atom stereocenters. The van der Waals surface area contributed by atoms with E-state index >= 15 is 0 Å². The summed E-state index contributed by atoms with van der Waals surface area (Å²) in [5, 5.41) is 3.75. The molecule has 1 aromatic carbocycles. The second kappa shape index (κ2) is 12.3. The maximum Gasteiger partial charge on any atom is 0.251 e. The predicted molar refractivity (Wildman–Crippen MR) is 136 cm³/mol. The number of anilines is 1. The van der Waals surface area contributed by atoms with Crippen molar-refractivity contribution in [3.63, 3.8) is 0 Å². The minimum absolute atomic E-state index is 0.0679. The molecule has 0 aliphatic rings. The predicted octanol–water partition coefficient (Wildman–Crippen LogP) is 5.11. The van der Waals surface area contributed by atoms with Crippen molar-refractivity contribution in [2.75, 3.05) is 25.0 Å². The maximum absolute atomic E-state index is 12.4. The molecule has 0 aliphatic heterocycles. The van der Waals surface area contributed by atoms with Crippen LogP contribution in [0.2, 0.25) is 0 Å². The normalized spacial score (nSPS) is 10.9. The Morgan fingerprint density at radius 1 is 1.12 bits per heavy atom. The van der Waals surface area contributed by atoms with Crippen LogP contribution >= 0.6 is 11.8 Å². The molecule has 0 fully saturated rings. The molecule has 3 aromatic rings. The van der Waals surface area contributed by atoms with E-state index in [9.17, 15) is 4.79 Å². The van der Waals surface area contributed by atoms with Gasteiger partial charge in [0.15, 0.2) is 5.16 Å². The number of aromatic nitrogens is 3. The van der Waals surface area contributed by atoms with Crippen LogP contribution in [0.5, 0.6) is 0 Å². The summed E-state index contributed by atoms with van der Waals surface area (Å²) in [7, 11) is 2.07. The molecule has 2 aromatic heterocycles. The fourth-order valence-corrected chi connectivity index (χ4v) is 4.10. The van der Waals surface area contributed by atoms with Crippen molar-refractivity contribution in [2.45, 2.75) is 50.4 Å². The molecule has 2 heterocycles. The molecule has 174 valence electrons. The van der Waals surface area contributed by atoms with Crippen LogP contribution in [0.25, 0.3) is 0 Å². The maximum atomic E-state index is 12.4. The SMILES string of the molecule is CCCN(C)c1cc(C(C)C)nc(SCc2ccc(C(=O)NCCc3ccccn3)cc2)n1. The average molecular weight is 464 g/mol. The van der Waals surface area contributed by atoms with Crippen LogP contribution in [0, 0.1) is 0 Å². The van der Waals surface area contributed by atoms with Crippen molar-refractivity contribution < 1.29 is 4.79 Å². The fraction of sp³-hybridized carbons (Fsp3) is 0.385. The van der Waals surface area contributed by atoms with Crippen molar-refractivity contribution >= 4 is 23.5 Å². The lowest BCUT2D eigenvalue weighted by atomic mass is 10.1. The quantitative estimate of drug-likeness (QED) is 0.315. The standard InChI is InChI=1S/C26H33N5OS/c1-5-16-31(4)24-17-23(19(2)3)29-26(30-24)33-18-20-9-11-21(12-10-20)25(32)28-15-13-22-8-6-7-14-27-22/h6-12,14,17,19H,5,13,15-16,18H2,1-4H3,(H,28,32). The molecule has 0 saturated carbocycles. The molecule has 7 heteroatoms. The number of nitrogens with one attached hydrogen (secondary N) is 1. The second-order valence-corrected chi connectivity index (χ2v) is 9.26. The molecule has 6 nitrogen and oxygen atoms in total. The summed E-state index contributed by atoms with van der Waals surface area (Å²) < 4.78 is 0. The van der Waals surface area contributed by atoms with E-state index in [1.54, 1.807) is 18.0 Å². The van der Waals surface area contributed by atoms with Crippen LogP contribution in [-0.2, 0) is 12.2 Å². The summed E-state index contributed by atoms with van der Waals surface area (Å²) in [5.41, 5.74) is 3.82. The number of hydrogen-bond donors (Lipinski definition) is 1. The Balaban J connectivity index is 1.57. The van der Waals surface area contributed by atoms with E-state index in [0.717, 1.165) is 46.6 Å². The topological polar surface area (TPSA) is 71.0 Å². The third-order valence-corrected chi connectivity index (χ3v) is 6.15. The zero-order valence-electron chi connectivity index (χ0n) is 19.9. The number of amides is 1. The third-order valence-electron chi connectivity index (χ3n) is 5.23. The van der Waals surface area contributed by atoms with Crippen LogP contribution in [0.3, 0.4) is 0 Å². The average Bonchev–Trinajstić information content (AvgIpc) is 2.83. The van der Waals surface area contributed by atoms with Crippen LogP contribution in [0.1, 0.15) is 60.4 Å². The molecule has 0 bridgehead atoms. The molecule has 0 radical (unpaired) electrons. The second-order valence-electron chi connectivity index (χ2n) is 8.32. The van der Waals surface area contributed by atoms with Gasteiger partial charge in [0.25, 0.3) is 5.91 Å². The van der Waals surface area contributed by atoms with E-state index in [-0.39, 0.29) is 5.91 Å². The first-order valence-electron chi connectivity index (χ1n) is 11.5. The van der Waals surface area contributed by atoms with Crippen molar-refractivity contribution in [1.29, 1.82) is 0 Å². The van der Waals surface area contributed by atoms with Gasteiger partial charge in [-0.3, -0.25) is 9.78 Å². The summed E-state index contributed by atoms with van der Waals surface area (Å²) in [6.07, 6.45) is 3.55. The van der Waals surface area contributed by atoms with Gasteiger partial charge in [-0.2, -0.15) is 0 Å². The van der Waals surface area contributed by atoms with E-state index in [1.807, 2.05) is 42.5 Å². The number of nitrogens with zero attached hydrogens (tertiary/aromatic N) is 4. The smallest absolute Gasteiger partial charge is 0.251 e. The molecular formula is C26H33N5OS. The highest BCUT2D eigenvalue weighted by Gasteiger charge is 2.12. The van der Waals surface area contributed by atoms with Gasteiger partial charge in [0.2, 0.25) is 0 Å². The number of carbonyl (C=O) groups is 1. The molecule has 3 rings (SSSR count). The molecule has 0 atom stereocenters. The van der Waals surface area contributed by atoms with Crippen LogP contribution in [0.15, 0.2) is 59.9 Å². The highest BCUT2D eigenvalue weighted by molar-refractivity contribution is 7.98. The lowest BCUT2D eigenvalue weighted by Crippen LogP contribution is -2.25. The van der Waals surface area contributed by atoms with E-state index in [4.69, 9.17) is 9.97 Å². The number of hydrogen-bond acceptors (Lipinski definition) is 6. The number of rotatable bonds is 11. The fourth-order valence-electron chi connectivity index (χ4n) is 3.29.